The predicted octanol–water partition coefficient (Wildman–Crippen LogP) is 2.59. The van der Waals surface area contributed by atoms with Gasteiger partial charge in [-0.3, -0.25) is 0 Å². The molecule has 0 saturated heterocycles. The van der Waals surface area contributed by atoms with Gasteiger partial charge < -0.3 is 15.2 Å². The summed E-state index contributed by atoms with van der Waals surface area (Å²) in [6.45, 7) is 2.28. The molecule has 3 rings (SSSR count). The van der Waals surface area contributed by atoms with Crippen LogP contribution in [-0.4, -0.2) is 30.4 Å². The summed E-state index contributed by atoms with van der Waals surface area (Å²) in [6.07, 6.45) is 6.58. The van der Waals surface area contributed by atoms with Crippen LogP contribution in [0.1, 0.15) is 49.3 Å². The molecule has 1 atom stereocenters. The number of ether oxygens (including phenoxy) is 1. The normalized spacial score (nSPS) is 25.1. The van der Waals surface area contributed by atoms with Gasteiger partial charge in [-0.2, -0.15) is 0 Å². The van der Waals surface area contributed by atoms with Crippen LogP contribution in [0.3, 0.4) is 0 Å². The lowest BCUT2D eigenvalue weighted by Crippen LogP contribution is -2.43. The molecule has 0 bridgehead atoms. The molecular weight excluding hydrogens is 250 g/mol. The fourth-order valence-electron chi connectivity index (χ4n) is 3.47. The summed E-state index contributed by atoms with van der Waals surface area (Å²) >= 11 is 0. The van der Waals surface area contributed by atoms with Gasteiger partial charge in [0.1, 0.15) is 0 Å². The molecule has 1 aliphatic carbocycles. The Hall–Kier alpha value is -0.900. The van der Waals surface area contributed by atoms with Crippen molar-refractivity contribution in [1.82, 2.24) is 5.32 Å². The summed E-state index contributed by atoms with van der Waals surface area (Å²) in [5, 5.41) is 13.9. The highest BCUT2D eigenvalue weighted by Gasteiger charge is 2.29. The standard InChI is InChI=1S/C17H25NO2/c19-17(9-4-1-5-10-17)13-18-12-16-15-7-3-2-6-14(15)8-11-20-16/h2-3,6-7,16,18-19H,1,4-5,8-13H2. The molecule has 0 amide bonds. The summed E-state index contributed by atoms with van der Waals surface area (Å²) in [5.74, 6) is 0. The Morgan fingerprint density at radius 2 is 2.00 bits per heavy atom. The molecule has 1 fully saturated rings. The Balaban J connectivity index is 1.54. The van der Waals surface area contributed by atoms with Crippen molar-refractivity contribution < 1.29 is 9.84 Å². The first kappa shape index (κ1) is 14.1. The molecule has 3 heteroatoms. The fraction of sp³-hybridized carbons (Fsp3) is 0.647. The molecule has 0 radical (unpaired) electrons. The van der Waals surface area contributed by atoms with E-state index in [2.05, 4.69) is 29.6 Å². The van der Waals surface area contributed by atoms with Crippen molar-refractivity contribution in [3.05, 3.63) is 35.4 Å². The number of benzene rings is 1. The SMILES string of the molecule is OC1(CNCC2OCCc3ccccc32)CCCCC1. The van der Waals surface area contributed by atoms with E-state index in [-0.39, 0.29) is 6.10 Å². The first-order valence-corrected chi connectivity index (χ1v) is 7.89. The van der Waals surface area contributed by atoms with Gasteiger partial charge in [0.05, 0.1) is 18.3 Å². The first-order valence-electron chi connectivity index (χ1n) is 7.89. The van der Waals surface area contributed by atoms with Gasteiger partial charge in [-0.1, -0.05) is 43.5 Å². The second kappa shape index (κ2) is 6.25. The van der Waals surface area contributed by atoms with Crippen LogP contribution in [0.4, 0.5) is 0 Å². The lowest BCUT2D eigenvalue weighted by Gasteiger charge is -2.33. The van der Waals surface area contributed by atoms with Crippen molar-refractivity contribution in [3.63, 3.8) is 0 Å². The lowest BCUT2D eigenvalue weighted by atomic mass is 9.85. The van der Waals surface area contributed by atoms with Gasteiger partial charge >= 0.3 is 0 Å². The third kappa shape index (κ3) is 3.22. The minimum absolute atomic E-state index is 0.132. The number of aliphatic hydroxyl groups is 1. The van der Waals surface area contributed by atoms with E-state index in [4.69, 9.17) is 4.74 Å². The third-order valence-corrected chi connectivity index (χ3v) is 4.66. The van der Waals surface area contributed by atoms with Crippen LogP contribution >= 0.6 is 0 Å². The van der Waals surface area contributed by atoms with Crippen LogP contribution in [0.15, 0.2) is 24.3 Å². The minimum Gasteiger partial charge on any atom is -0.389 e. The van der Waals surface area contributed by atoms with E-state index in [0.29, 0.717) is 6.54 Å². The molecule has 2 N–H and O–H groups in total. The van der Waals surface area contributed by atoms with Gasteiger partial charge in [0, 0.05) is 13.1 Å². The zero-order chi connectivity index (χ0) is 13.8. The monoisotopic (exact) mass is 275 g/mol. The van der Waals surface area contributed by atoms with Crippen LogP contribution < -0.4 is 5.32 Å². The maximum atomic E-state index is 10.5. The molecule has 0 spiro atoms. The Morgan fingerprint density at radius 3 is 2.85 bits per heavy atom. The summed E-state index contributed by atoms with van der Waals surface area (Å²) in [4.78, 5) is 0. The topological polar surface area (TPSA) is 41.5 Å². The van der Waals surface area contributed by atoms with Crippen LogP contribution in [0, 0.1) is 0 Å². The van der Waals surface area contributed by atoms with E-state index >= 15 is 0 Å². The average molecular weight is 275 g/mol. The Bertz CT molecular complexity index is 440. The second-order valence-electron chi connectivity index (χ2n) is 6.22. The number of rotatable bonds is 4. The smallest absolute Gasteiger partial charge is 0.0952 e. The highest BCUT2D eigenvalue weighted by Crippen LogP contribution is 2.29. The molecule has 1 aromatic carbocycles. The van der Waals surface area contributed by atoms with E-state index < -0.39 is 5.60 Å². The largest absolute Gasteiger partial charge is 0.389 e. The molecule has 2 aliphatic rings. The maximum Gasteiger partial charge on any atom is 0.0952 e. The van der Waals surface area contributed by atoms with Gasteiger partial charge in [0.2, 0.25) is 0 Å². The third-order valence-electron chi connectivity index (χ3n) is 4.66. The maximum absolute atomic E-state index is 10.5. The van der Waals surface area contributed by atoms with Crippen molar-refractivity contribution in [2.45, 2.75) is 50.2 Å². The van der Waals surface area contributed by atoms with Gasteiger partial charge in [-0.15, -0.1) is 0 Å². The van der Waals surface area contributed by atoms with Crippen molar-refractivity contribution in [1.29, 1.82) is 0 Å². The lowest BCUT2D eigenvalue weighted by molar-refractivity contribution is -0.00340. The van der Waals surface area contributed by atoms with Gasteiger partial charge in [-0.05, 0) is 30.4 Å². The first-order chi connectivity index (χ1) is 9.77. The summed E-state index contributed by atoms with van der Waals surface area (Å²) in [6, 6.07) is 8.53. The predicted molar refractivity (Wildman–Crippen MR) is 79.7 cm³/mol. The molecule has 1 unspecified atom stereocenters. The number of nitrogens with one attached hydrogen (secondary N) is 1. The highest BCUT2D eigenvalue weighted by atomic mass is 16.5. The van der Waals surface area contributed by atoms with E-state index in [0.717, 1.165) is 45.3 Å². The molecule has 0 aromatic heterocycles. The fourth-order valence-corrected chi connectivity index (χ4v) is 3.47. The molecule has 1 saturated carbocycles. The average Bonchev–Trinajstić information content (AvgIpc) is 2.48. The van der Waals surface area contributed by atoms with Crippen LogP contribution in [0.5, 0.6) is 0 Å². The van der Waals surface area contributed by atoms with Crippen LogP contribution in [-0.2, 0) is 11.2 Å². The van der Waals surface area contributed by atoms with E-state index in [1.54, 1.807) is 0 Å². The van der Waals surface area contributed by atoms with Crippen molar-refractivity contribution in [3.8, 4) is 0 Å². The van der Waals surface area contributed by atoms with Gasteiger partial charge in [0.15, 0.2) is 0 Å². The Kier molecular flexibility index (Phi) is 4.39. The highest BCUT2D eigenvalue weighted by molar-refractivity contribution is 5.31. The minimum atomic E-state index is -0.494. The van der Waals surface area contributed by atoms with E-state index in [1.807, 2.05) is 0 Å². The van der Waals surface area contributed by atoms with E-state index in [1.165, 1.54) is 17.5 Å². The number of hydrogen-bond acceptors (Lipinski definition) is 3. The van der Waals surface area contributed by atoms with E-state index in [9.17, 15) is 5.11 Å². The van der Waals surface area contributed by atoms with Crippen molar-refractivity contribution in [2.75, 3.05) is 19.7 Å². The summed E-state index contributed by atoms with van der Waals surface area (Å²) < 4.78 is 5.88. The molecule has 1 aromatic rings. The molecule has 1 aliphatic heterocycles. The Labute approximate surface area is 121 Å². The van der Waals surface area contributed by atoms with Crippen LogP contribution in [0.25, 0.3) is 0 Å². The number of fused-ring (bicyclic) bond motifs is 1. The zero-order valence-corrected chi connectivity index (χ0v) is 12.1. The van der Waals surface area contributed by atoms with Gasteiger partial charge in [0.25, 0.3) is 0 Å². The zero-order valence-electron chi connectivity index (χ0n) is 12.1. The molecule has 110 valence electrons. The quantitative estimate of drug-likeness (QED) is 0.887. The molecule has 3 nitrogen and oxygen atoms in total. The Morgan fingerprint density at radius 1 is 1.20 bits per heavy atom. The summed E-state index contributed by atoms with van der Waals surface area (Å²) in [5.41, 5.74) is 2.22. The van der Waals surface area contributed by atoms with Crippen molar-refractivity contribution >= 4 is 0 Å². The van der Waals surface area contributed by atoms with Crippen molar-refractivity contribution in [2.24, 2.45) is 0 Å². The second-order valence-corrected chi connectivity index (χ2v) is 6.22. The number of hydrogen-bond donors (Lipinski definition) is 2. The summed E-state index contributed by atoms with van der Waals surface area (Å²) in [7, 11) is 0. The van der Waals surface area contributed by atoms with Gasteiger partial charge in [-0.25, -0.2) is 0 Å². The molecular formula is C17H25NO2. The molecule has 20 heavy (non-hydrogen) atoms. The molecule has 1 heterocycles. The van der Waals surface area contributed by atoms with Crippen LogP contribution in [0.2, 0.25) is 0 Å².